The number of thioether (sulfide) groups is 1. The van der Waals surface area contributed by atoms with Gasteiger partial charge in [-0.15, -0.1) is 11.3 Å². The van der Waals surface area contributed by atoms with Gasteiger partial charge in [0, 0.05) is 10.7 Å². The van der Waals surface area contributed by atoms with Crippen LogP contribution in [0.15, 0.2) is 63.9 Å². The lowest BCUT2D eigenvalue weighted by Gasteiger charge is -2.14. The third kappa shape index (κ3) is 4.28. The molecule has 5 nitrogen and oxygen atoms in total. The van der Waals surface area contributed by atoms with Crippen molar-refractivity contribution in [3.05, 3.63) is 80.4 Å². The molecule has 0 aliphatic rings. The molecule has 0 saturated carbocycles. The normalized spacial score (nSPS) is 11.0. The van der Waals surface area contributed by atoms with Crippen molar-refractivity contribution in [1.82, 2.24) is 9.55 Å². The molecule has 152 valence electrons. The third-order valence-corrected chi connectivity index (χ3v) is 6.58. The number of hydrogen-bond acceptors (Lipinski definition) is 5. The number of thiophene rings is 1. The van der Waals surface area contributed by atoms with E-state index < -0.39 is 0 Å². The highest BCUT2D eigenvalue weighted by atomic mass is 35.5. The average Bonchev–Trinajstić information content (AvgIpc) is 3.18. The van der Waals surface area contributed by atoms with Crippen molar-refractivity contribution in [2.45, 2.75) is 19.0 Å². The first-order valence-electron chi connectivity index (χ1n) is 9.18. The van der Waals surface area contributed by atoms with Gasteiger partial charge in [0.1, 0.15) is 4.70 Å². The summed E-state index contributed by atoms with van der Waals surface area (Å²) >= 11 is 8.49. The molecule has 4 rings (SSSR count). The molecule has 0 aliphatic heterocycles. The highest BCUT2D eigenvalue weighted by molar-refractivity contribution is 7.99. The molecule has 0 fully saturated rings. The maximum atomic E-state index is 13.2. The van der Waals surface area contributed by atoms with Crippen molar-refractivity contribution in [2.24, 2.45) is 0 Å². The molecule has 4 aromatic rings. The first-order chi connectivity index (χ1) is 14.4. The van der Waals surface area contributed by atoms with Crippen LogP contribution in [0, 0.1) is 13.8 Å². The van der Waals surface area contributed by atoms with E-state index in [2.05, 4.69) is 10.3 Å². The Labute approximate surface area is 186 Å². The minimum atomic E-state index is -0.186. The Bertz CT molecular complexity index is 1300. The summed E-state index contributed by atoms with van der Waals surface area (Å²) in [6.45, 7) is 3.98. The van der Waals surface area contributed by atoms with Gasteiger partial charge < -0.3 is 5.32 Å². The Balaban J connectivity index is 1.66. The predicted octanol–water partition coefficient (Wildman–Crippen LogP) is 5.45. The quantitative estimate of drug-likeness (QED) is 0.321. The Morgan fingerprint density at radius 2 is 1.93 bits per heavy atom. The van der Waals surface area contributed by atoms with Crippen LogP contribution in [0.2, 0.25) is 5.02 Å². The fourth-order valence-corrected chi connectivity index (χ4v) is 4.81. The van der Waals surface area contributed by atoms with Gasteiger partial charge in [0.05, 0.1) is 17.0 Å². The Hall–Kier alpha value is -2.61. The van der Waals surface area contributed by atoms with Crippen LogP contribution in [0.5, 0.6) is 0 Å². The van der Waals surface area contributed by atoms with E-state index in [0.717, 1.165) is 16.8 Å². The average molecular weight is 456 g/mol. The maximum absolute atomic E-state index is 13.2. The molecule has 1 N–H and O–H groups in total. The number of nitrogens with zero attached hydrogens (tertiary/aromatic N) is 2. The molecule has 2 aromatic carbocycles. The lowest BCUT2D eigenvalue weighted by molar-refractivity contribution is -0.113. The number of nitrogens with one attached hydrogen (secondary N) is 1. The van der Waals surface area contributed by atoms with Crippen LogP contribution in [0.25, 0.3) is 15.9 Å². The van der Waals surface area contributed by atoms with E-state index in [1.165, 1.54) is 23.1 Å². The minimum absolute atomic E-state index is 0.121. The van der Waals surface area contributed by atoms with Crippen LogP contribution in [0.3, 0.4) is 0 Å². The van der Waals surface area contributed by atoms with Crippen LogP contribution in [0.1, 0.15) is 11.1 Å². The second-order valence-corrected chi connectivity index (χ2v) is 9.10. The molecular formula is C22H18ClN3O2S2. The van der Waals surface area contributed by atoms with Gasteiger partial charge in [0.2, 0.25) is 5.91 Å². The monoisotopic (exact) mass is 455 g/mol. The number of rotatable bonds is 5. The highest BCUT2D eigenvalue weighted by Gasteiger charge is 2.17. The fraction of sp³-hybridized carbons (Fsp3) is 0.136. The van der Waals surface area contributed by atoms with Gasteiger partial charge in [-0.05, 0) is 61.2 Å². The number of hydrogen-bond donors (Lipinski definition) is 1. The molecule has 0 saturated heterocycles. The van der Waals surface area contributed by atoms with E-state index in [-0.39, 0.29) is 17.2 Å². The number of anilines is 1. The van der Waals surface area contributed by atoms with Crippen molar-refractivity contribution < 1.29 is 4.79 Å². The number of carbonyl (C=O) groups excluding carboxylic acids is 1. The number of benzene rings is 2. The third-order valence-electron chi connectivity index (χ3n) is 4.50. The molecule has 0 atom stereocenters. The molecule has 0 radical (unpaired) electrons. The van der Waals surface area contributed by atoms with E-state index >= 15 is 0 Å². The largest absolute Gasteiger partial charge is 0.325 e. The summed E-state index contributed by atoms with van der Waals surface area (Å²) in [7, 11) is 0. The van der Waals surface area contributed by atoms with Gasteiger partial charge in [-0.3, -0.25) is 14.2 Å². The van der Waals surface area contributed by atoms with Crippen molar-refractivity contribution >= 4 is 56.5 Å². The van der Waals surface area contributed by atoms with Crippen molar-refractivity contribution in [3.63, 3.8) is 0 Å². The van der Waals surface area contributed by atoms with E-state index in [1.807, 2.05) is 43.5 Å². The topological polar surface area (TPSA) is 64.0 Å². The lowest BCUT2D eigenvalue weighted by atomic mass is 10.1. The molecule has 0 unspecified atom stereocenters. The second-order valence-electron chi connectivity index (χ2n) is 6.80. The summed E-state index contributed by atoms with van der Waals surface area (Å²) in [6, 6.07) is 14.7. The SMILES string of the molecule is Cc1ccc(-n2c(SCC(=O)Nc3ccc(Cl)cc3)nc3ccsc3c2=O)c(C)c1. The zero-order valence-corrected chi connectivity index (χ0v) is 18.7. The fourth-order valence-electron chi connectivity index (χ4n) is 3.12. The van der Waals surface area contributed by atoms with Gasteiger partial charge in [0.25, 0.3) is 5.56 Å². The Morgan fingerprint density at radius 1 is 1.17 bits per heavy atom. The standard InChI is InChI=1S/C22H18ClN3O2S2/c1-13-3-8-18(14(2)11-13)26-21(28)20-17(9-10-29-20)25-22(26)30-12-19(27)24-16-6-4-15(23)5-7-16/h3-11H,12H2,1-2H3,(H,24,27). The summed E-state index contributed by atoms with van der Waals surface area (Å²) in [5.74, 6) is -0.0653. The Morgan fingerprint density at radius 3 is 2.67 bits per heavy atom. The number of fused-ring (bicyclic) bond motifs is 1. The molecule has 2 heterocycles. The van der Waals surface area contributed by atoms with E-state index in [9.17, 15) is 9.59 Å². The number of aromatic nitrogens is 2. The van der Waals surface area contributed by atoms with Crippen LogP contribution in [0.4, 0.5) is 5.69 Å². The van der Waals surface area contributed by atoms with Crippen LogP contribution in [-0.4, -0.2) is 21.2 Å². The number of carbonyl (C=O) groups is 1. The highest BCUT2D eigenvalue weighted by Crippen LogP contribution is 2.25. The van der Waals surface area contributed by atoms with E-state index in [4.69, 9.17) is 11.6 Å². The number of halogens is 1. The molecule has 0 aliphatic carbocycles. The molecule has 0 spiro atoms. The number of aryl methyl sites for hydroxylation is 2. The second kappa shape index (κ2) is 8.63. The van der Waals surface area contributed by atoms with Gasteiger partial charge >= 0.3 is 0 Å². The minimum Gasteiger partial charge on any atom is -0.325 e. The van der Waals surface area contributed by atoms with Gasteiger partial charge in [-0.2, -0.15) is 0 Å². The maximum Gasteiger partial charge on any atom is 0.276 e. The number of amides is 1. The van der Waals surface area contributed by atoms with Gasteiger partial charge in [-0.25, -0.2) is 4.98 Å². The van der Waals surface area contributed by atoms with Crippen molar-refractivity contribution in [1.29, 1.82) is 0 Å². The summed E-state index contributed by atoms with van der Waals surface area (Å²) < 4.78 is 2.21. The zero-order valence-electron chi connectivity index (χ0n) is 16.3. The van der Waals surface area contributed by atoms with Crippen LogP contribution < -0.4 is 10.9 Å². The lowest BCUT2D eigenvalue weighted by Crippen LogP contribution is -2.23. The van der Waals surface area contributed by atoms with Crippen LogP contribution in [-0.2, 0) is 4.79 Å². The van der Waals surface area contributed by atoms with Gasteiger partial charge in [0.15, 0.2) is 5.16 Å². The molecular weight excluding hydrogens is 438 g/mol. The summed E-state index contributed by atoms with van der Waals surface area (Å²) in [5.41, 5.74) is 4.05. The zero-order chi connectivity index (χ0) is 21.3. The summed E-state index contributed by atoms with van der Waals surface area (Å²) in [4.78, 5) is 30.3. The van der Waals surface area contributed by atoms with Gasteiger partial charge in [-0.1, -0.05) is 41.1 Å². The first kappa shape index (κ1) is 20.7. The summed E-state index contributed by atoms with van der Waals surface area (Å²) in [6.07, 6.45) is 0. The smallest absolute Gasteiger partial charge is 0.276 e. The summed E-state index contributed by atoms with van der Waals surface area (Å²) in [5, 5.41) is 5.78. The van der Waals surface area contributed by atoms with E-state index in [0.29, 0.717) is 26.1 Å². The molecule has 0 bridgehead atoms. The predicted molar refractivity (Wildman–Crippen MR) is 125 cm³/mol. The van der Waals surface area contributed by atoms with Crippen molar-refractivity contribution in [2.75, 3.05) is 11.1 Å². The Kier molecular flexibility index (Phi) is 5.94. The first-order valence-corrected chi connectivity index (χ1v) is 11.4. The molecule has 2 aromatic heterocycles. The molecule has 1 amide bonds. The van der Waals surface area contributed by atoms with Crippen molar-refractivity contribution in [3.8, 4) is 5.69 Å². The molecule has 30 heavy (non-hydrogen) atoms. The van der Waals surface area contributed by atoms with Crippen LogP contribution >= 0.6 is 34.7 Å². The molecule has 8 heteroatoms. The van der Waals surface area contributed by atoms with E-state index in [1.54, 1.807) is 28.8 Å².